The van der Waals surface area contributed by atoms with Gasteiger partial charge in [-0.2, -0.15) is 0 Å². The number of carbonyl (C=O) groups is 1. The van der Waals surface area contributed by atoms with Crippen molar-refractivity contribution in [2.75, 3.05) is 13.2 Å². The van der Waals surface area contributed by atoms with E-state index in [-0.39, 0.29) is 5.91 Å². The Kier molecular flexibility index (Phi) is 3.33. The molecule has 5 heteroatoms. The van der Waals surface area contributed by atoms with Crippen LogP contribution >= 0.6 is 15.9 Å². The molecule has 3 rings (SSSR count). The summed E-state index contributed by atoms with van der Waals surface area (Å²) in [6.45, 7) is 3.12. The molecule has 0 radical (unpaired) electrons. The van der Waals surface area contributed by atoms with Gasteiger partial charge in [-0.25, -0.2) is 5.06 Å². The number of amides is 1. The van der Waals surface area contributed by atoms with Crippen molar-refractivity contribution in [1.82, 2.24) is 5.06 Å². The highest BCUT2D eigenvalue weighted by Gasteiger charge is 2.25. The Morgan fingerprint density at radius 1 is 1.37 bits per heavy atom. The number of benzene rings is 1. The first-order chi connectivity index (χ1) is 9.16. The summed E-state index contributed by atoms with van der Waals surface area (Å²) in [4.78, 5) is 17.8. The Hall–Kier alpha value is -1.33. The molecule has 1 aliphatic heterocycles. The minimum Gasteiger partial charge on any atom is -0.451 e. The van der Waals surface area contributed by atoms with Crippen LogP contribution in [-0.2, 0) is 4.84 Å². The number of hydrogen-bond donors (Lipinski definition) is 0. The van der Waals surface area contributed by atoms with Crippen LogP contribution in [0.15, 0.2) is 27.1 Å². The topological polar surface area (TPSA) is 42.7 Å². The van der Waals surface area contributed by atoms with E-state index in [0.29, 0.717) is 18.9 Å². The number of fused-ring (bicyclic) bond motifs is 1. The van der Waals surface area contributed by atoms with Crippen LogP contribution in [0.4, 0.5) is 0 Å². The van der Waals surface area contributed by atoms with Crippen molar-refractivity contribution >= 4 is 32.8 Å². The highest BCUT2D eigenvalue weighted by Crippen LogP contribution is 2.29. The van der Waals surface area contributed by atoms with Crippen molar-refractivity contribution in [1.29, 1.82) is 0 Å². The fraction of sp³-hybridized carbons (Fsp3) is 0.357. The van der Waals surface area contributed by atoms with Crippen molar-refractivity contribution in [3.05, 3.63) is 34.0 Å². The molecule has 2 heterocycles. The lowest BCUT2D eigenvalue weighted by atomic mass is 10.1. The summed E-state index contributed by atoms with van der Waals surface area (Å²) in [5.41, 5.74) is 1.58. The lowest BCUT2D eigenvalue weighted by Gasteiger charge is -2.25. The second-order valence-electron chi connectivity index (χ2n) is 4.64. The van der Waals surface area contributed by atoms with E-state index >= 15 is 0 Å². The van der Waals surface area contributed by atoms with Crippen molar-refractivity contribution in [3.63, 3.8) is 0 Å². The lowest BCUT2D eigenvalue weighted by Crippen LogP contribution is -2.35. The van der Waals surface area contributed by atoms with Gasteiger partial charge < -0.3 is 4.42 Å². The van der Waals surface area contributed by atoms with Crippen LogP contribution in [0, 0.1) is 6.92 Å². The molecule has 19 heavy (non-hydrogen) atoms. The summed E-state index contributed by atoms with van der Waals surface area (Å²) in [6, 6.07) is 5.72. The van der Waals surface area contributed by atoms with Gasteiger partial charge in [0.25, 0.3) is 0 Å². The Bertz CT molecular complexity index is 629. The van der Waals surface area contributed by atoms with E-state index in [4.69, 9.17) is 9.25 Å². The monoisotopic (exact) mass is 323 g/mol. The highest BCUT2D eigenvalue weighted by atomic mass is 79.9. The van der Waals surface area contributed by atoms with E-state index in [2.05, 4.69) is 15.9 Å². The molecule has 1 aromatic heterocycles. The third kappa shape index (κ3) is 2.28. The van der Waals surface area contributed by atoms with Gasteiger partial charge in [0.15, 0.2) is 5.76 Å². The molecule has 0 spiro atoms. The summed E-state index contributed by atoms with van der Waals surface area (Å²) < 4.78 is 6.65. The van der Waals surface area contributed by atoms with Gasteiger partial charge in [0, 0.05) is 22.0 Å². The van der Waals surface area contributed by atoms with Crippen LogP contribution in [0.2, 0.25) is 0 Å². The maximum absolute atomic E-state index is 12.4. The van der Waals surface area contributed by atoms with E-state index in [1.165, 1.54) is 5.06 Å². The van der Waals surface area contributed by atoms with Crippen LogP contribution in [0.25, 0.3) is 11.0 Å². The molecule has 1 amide bonds. The van der Waals surface area contributed by atoms with Gasteiger partial charge in [-0.3, -0.25) is 9.63 Å². The van der Waals surface area contributed by atoms with Crippen LogP contribution in [0.5, 0.6) is 0 Å². The Morgan fingerprint density at radius 2 is 2.21 bits per heavy atom. The first kappa shape index (κ1) is 12.7. The Balaban J connectivity index is 2.00. The zero-order chi connectivity index (χ0) is 13.4. The smallest absolute Gasteiger partial charge is 0.313 e. The summed E-state index contributed by atoms with van der Waals surface area (Å²) in [7, 11) is 0. The van der Waals surface area contributed by atoms with Gasteiger partial charge in [-0.1, -0.05) is 15.9 Å². The van der Waals surface area contributed by atoms with Gasteiger partial charge in [-0.15, -0.1) is 0 Å². The standard InChI is InChI=1S/C14H14BrNO3/c1-9-11-8-10(15)4-5-12(11)19-13(9)14(17)16-6-2-3-7-18-16/h4-5,8H,2-3,6-7H2,1H3. The molecule has 1 aliphatic rings. The average Bonchev–Trinajstić information content (AvgIpc) is 2.76. The summed E-state index contributed by atoms with van der Waals surface area (Å²) >= 11 is 3.43. The van der Waals surface area contributed by atoms with Crippen LogP contribution in [0.1, 0.15) is 29.0 Å². The number of furan rings is 1. The molecule has 100 valence electrons. The summed E-state index contributed by atoms with van der Waals surface area (Å²) in [5.74, 6) is 0.180. The molecule has 0 unspecified atom stereocenters. The minimum atomic E-state index is -0.190. The molecule has 0 aliphatic carbocycles. The third-order valence-electron chi connectivity index (χ3n) is 3.32. The quantitative estimate of drug-likeness (QED) is 0.804. The average molecular weight is 324 g/mol. The number of hydrogen-bond acceptors (Lipinski definition) is 3. The molecule has 0 atom stereocenters. The molecule has 0 saturated carbocycles. The fourth-order valence-corrected chi connectivity index (χ4v) is 2.63. The van der Waals surface area contributed by atoms with Crippen molar-refractivity contribution in [3.8, 4) is 0 Å². The highest BCUT2D eigenvalue weighted by molar-refractivity contribution is 9.10. The number of aryl methyl sites for hydroxylation is 1. The number of nitrogens with zero attached hydrogens (tertiary/aromatic N) is 1. The second kappa shape index (κ2) is 4.98. The molecular weight excluding hydrogens is 310 g/mol. The predicted octanol–water partition coefficient (Wildman–Crippen LogP) is 3.67. The maximum atomic E-state index is 12.4. The van der Waals surface area contributed by atoms with Gasteiger partial charge in [0.1, 0.15) is 5.58 Å². The van der Waals surface area contributed by atoms with Gasteiger partial charge in [0.2, 0.25) is 0 Å². The predicted molar refractivity (Wildman–Crippen MR) is 74.9 cm³/mol. The van der Waals surface area contributed by atoms with E-state index in [1.54, 1.807) is 0 Å². The lowest BCUT2D eigenvalue weighted by molar-refractivity contribution is -0.145. The van der Waals surface area contributed by atoms with E-state index in [0.717, 1.165) is 33.8 Å². The second-order valence-corrected chi connectivity index (χ2v) is 5.56. The zero-order valence-corrected chi connectivity index (χ0v) is 12.2. The van der Waals surface area contributed by atoms with Crippen LogP contribution in [-0.4, -0.2) is 24.1 Å². The summed E-state index contributed by atoms with van der Waals surface area (Å²) in [5, 5.41) is 2.36. The molecule has 0 N–H and O–H groups in total. The van der Waals surface area contributed by atoms with Crippen LogP contribution in [0.3, 0.4) is 0 Å². The third-order valence-corrected chi connectivity index (χ3v) is 3.81. The number of rotatable bonds is 1. The van der Waals surface area contributed by atoms with Crippen LogP contribution < -0.4 is 0 Å². The normalized spacial score (nSPS) is 16.0. The number of halogens is 1. The fourth-order valence-electron chi connectivity index (χ4n) is 2.27. The van der Waals surface area contributed by atoms with E-state index in [1.807, 2.05) is 25.1 Å². The molecule has 1 aromatic carbocycles. The van der Waals surface area contributed by atoms with Crippen molar-refractivity contribution in [2.45, 2.75) is 19.8 Å². The van der Waals surface area contributed by atoms with Crippen molar-refractivity contribution < 1.29 is 14.0 Å². The minimum absolute atomic E-state index is 0.190. The van der Waals surface area contributed by atoms with Crippen molar-refractivity contribution in [2.24, 2.45) is 0 Å². The number of carbonyl (C=O) groups excluding carboxylic acids is 1. The number of hydroxylamine groups is 2. The largest absolute Gasteiger partial charge is 0.451 e. The molecule has 0 bridgehead atoms. The van der Waals surface area contributed by atoms with E-state index in [9.17, 15) is 4.79 Å². The molecule has 1 saturated heterocycles. The maximum Gasteiger partial charge on any atom is 0.313 e. The zero-order valence-electron chi connectivity index (χ0n) is 10.6. The molecule has 4 nitrogen and oxygen atoms in total. The molecular formula is C14H14BrNO3. The Labute approximate surface area is 119 Å². The van der Waals surface area contributed by atoms with E-state index < -0.39 is 0 Å². The van der Waals surface area contributed by atoms with Gasteiger partial charge >= 0.3 is 5.91 Å². The SMILES string of the molecule is Cc1c(C(=O)N2CCCCO2)oc2ccc(Br)cc12. The van der Waals surface area contributed by atoms with Gasteiger partial charge in [0.05, 0.1) is 6.61 Å². The molecule has 2 aromatic rings. The first-order valence-electron chi connectivity index (χ1n) is 6.30. The first-order valence-corrected chi connectivity index (χ1v) is 7.09. The summed E-state index contributed by atoms with van der Waals surface area (Å²) in [6.07, 6.45) is 1.96. The Morgan fingerprint density at radius 3 is 2.95 bits per heavy atom. The van der Waals surface area contributed by atoms with Gasteiger partial charge in [-0.05, 0) is 38.0 Å². The molecule has 1 fully saturated rings.